The molecule has 2 heterocycles. The highest BCUT2D eigenvalue weighted by Gasteiger charge is 2.23. The van der Waals surface area contributed by atoms with Crippen molar-refractivity contribution < 1.29 is 28.4 Å². The molecule has 2 fully saturated rings. The summed E-state index contributed by atoms with van der Waals surface area (Å²) < 4.78 is 32.8. The van der Waals surface area contributed by atoms with Crippen LogP contribution in [0.3, 0.4) is 0 Å². The smallest absolute Gasteiger partial charge is 0.119 e. The molecule has 36 heavy (non-hydrogen) atoms. The fraction of sp³-hybridized carbons (Fsp3) is 0.333. The van der Waals surface area contributed by atoms with Crippen molar-refractivity contribution in [3.05, 3.63) is 96.5 Å². The summed E-state index contributed by atoms with van der Waals surface area (Å²) >= 11 is 0. The van der Waals surface area contributed by atoms with E-state index in [1.54, 1.807) is 6.26 Å². The molecule has 0 saturated carbocycles. The van der Waals surface area contributed by atoms with E-state index >= 15 is 0 Å². The number of unbranched alkanes of at least 4 members (excludes halogenated alkanes) is 1. The molecule has 2 saturated heterocycles. The van der Waals surface area contributed by atoms with Gasteiger partial charge in [-0.15, -0.1) is 0 Å². The van der Waals surface area contributed by atoms with Gasteiger partial charge in [0.1, 0.15) is 42.7 Å². The largest absolute Gasteiger partial charge is 0.501 e. The number of benzene rings is 2. The van der Waals surface area contributed by atoms with Crippen LogP contribution in [-0.4, -0.2) is 51.8 Å². The highest BCUT2D eigenvalue weighted by molar-refractivity contribution is 5.53. The van der Waals surface area contributed by atoms with Crippen LogP contribution in [0.2, 0.25) is 0 Å². The minimum atomic E-state index is 0.263. The molecule has 0 aromatic heterocycles. The van der Waals surface area contributed by atoms with E-state index in [0.717, 1.165) is 48.7 Å². The summed E-state index contributed by atoms with van der Waals surface area (Å²) in [6, 6.07) is 15.9. The van der Waals surface area contributed by atoms with Gasteiger partial charge in [-0.25, -0.2) is 0 Å². The summed E-state index contributed by atoms with van der Waals surface area (Å²) in [5.41, 5.74) is 2.17. The first-order chi connectivity index (χ1) is 17.7. The predicted molar refractivity (Wildman–Crippen MR) is 141 cm³/mol. The molecule has 0 aliphatic carbocycles. The van der Waals surface area contributed by atoms with Crippen LogP contribution in [-0.2, 0) is 18.9 Å². The molecule has 6 heteroatoms. The van der Waals surface area contributed by atoms with Gasteiger partial charge in [-0.3, -0.25) is 0 Å². The lowest BCUT2D eigenvalue weighted by Gasteiger charge is -2.06. The number of epoxide rings is 2. The molecular weight excluding hydrogens is 456 g/mol. The van der Waals surface area contributed by atoms with Gasteiger partial charge in [0.05, 0.1) is 32.7 Å². The summed E-state index contributed by atoms with van der Waals surface area (Å²) in [4.78, 5) is 0. The molecule has 2 unspecified atom stereocenters. The molecule has 2 aliphatic heterocycles. The van der Waals surface area contributed by atoms with Crippen LogP contribution in [0.25, 0.3) is 12.2 Å². The second kappa shape index (κ2) is 14.2. The van der Waals surface area contributed by atoms with Crippen LogP contribution in [0.15, 0.2) is 85.4 Å². The third-order valence-electron chi connectivity index (χ3n) is 5.42. The lowest BCUT2D eigenvalue weighted by Crippen LogP contribution is -2.03. The van der Waals surface area contributed by atoms with Crippen LogP contribution >= 0.6 is 0 Å². The average molecular weight is 491 g/mol. The van der Waals surface area contributed by atoms with E-state index in [0.29, 0.717) is 32.2 Å². The Morgan fingerprint density at radius 3 is 1.92 bits per heavy atom. The molecule has 0 N–H and O–H groups in total. The van der Waals surface area contributed by atoms with Gasteiger partial charge in [0.15, 0.2) is 0 Å². The summed E-state index contributed by atoms with van der Waals surface area (Å²) in [5.74, 6) is 2.35. The number of hydrogen-bond acceptors (Lipinski definition) is 6. The molecule has 2 aromatic carbocycles. The quantitative estimate of drug-likeness (QED) is 0.121. The van der Waals surface area contributed by atoms with Gasteiger partial charge in [-0.1, -0.05) is 49.1 Å². The van der Waals surface area contributed by atoms with Gasteiger partial charge in [0, 0.05) is 0 Å². The van der Waals surface area contributed by atoms with Crippen molar-refractivity contribution in [2.45, 2.75) is 25.0 Å². The van der Waals surface area contributed by atoms with E-state index in [1.165, 1.54) is 0 Å². The highest BCUT2D eigenvalue weighted by atomic mass is 16.6. The van der Waals surface area contributed by atoms with Gasteiger partial charge in [-0.2, -0.15) is 0 Å². The Morgan fingerprint density at radius 2 is 1.33 bits per heavy atom. The molecule has 4 rings (SSSR count). The first kappa shape index (κ1) is 25.6. The van der Waals surface area contributed by atoms with Crippen molar-refractivity contribution in [2.24, 2.45) is 0 Å². The maximum atomic E-state index is 5.67. The minimum Gasteiger partial charge on any atom is -0.501 e. The molecule has 2 aliphatic rings. The topological polar surface area (TPSA) is 62.0 Å². The van der Waals surface area contributed by atoms with Crippen molar-refractivity contribution in [3.63, 3.8) is 0 Å². The fourth-order valence-corrected chi connectivity index (χ4v) is 3.12. The van der Waals surface area contributed by atoms with Crippen LogP contribution in [0.1, 0.15) is 24.0 Å². The molecule has 6 nitrogen and oxygen atoms in total. The molecule has 0 amide bonds. The second-order valence-electron chi connectivity index (χ2n) is 8.58. The Balaban J connectivity index is 1.00. The predicted octanol–water partition coefficient (Wildman–Crippen LogP) is 5.81. The highest BCUT2D eigenvalue weighted by Crippen LogP contribution is 2.18. The Hall–Kier alpha value is -3.48. The number of rotatable bonds is 17. The third-order valence-corrected chi connectivity index (χ3v) is 5.42. The van der Waals surface area contributed by atoms with E-state index in [-0.39, 0.29) is 12.2 Å². The number of allylic oxidation sites excluding steroid dienone is 3. The van der Waals surface area contributed by atoms with Gasteiger partial charge >= 0.3 is 0 Å². The van der Waals surface area contributed by atoms with E-state index in [4.69, 9.17) is 28.4 Å². The third kappa shape index (κ3) is 10.4. The summed E-state index contributed by atoms with van der Waals surface area (Å²) in [5, 5.41) is 0. The van der Waals surface area contributed by atoms with Gasteiger partial charge in [-0.05, 0) is 60.4 Å². The molecule has 0 spiro atoms. The van der Waals surface area contributed by atoms with Crippen LogP contribution in [0.5, 0.6) is 11.5 Å². The van der Waals surface area contributed by atoms with E-state index in [9.17, 15) is 0 Å². The van der Waals surface area contributed by atoms with E-state index in [2.05, 4.69) is 6.58 Å². The average Bonchev–Trinajstić information content (AvgIpc) is 3.83. The van der Waals surface area contributed by atoms with Gasteiger partial charge < -0.3 is 28.4 Å². The second-order valence-corrected chi connectivity index (χ2v) is 8.58. The van der Waals surface area contributed by atoms with Crippen molar-refractivity contribution >= 4 is 12.2 Å². The first-order valence-corrected chi connectivity index (χ1v) is 12.4. The SMILES string of the molecule is C=C(/C=C\c1ccc(OCC2CO2)cc1)OCCCCOC=C/C=C\c1ccc(OCC2CO2)cc1. The van der Waals surface area contributed by atoms with Crippen LogP contribution in [0, 0.1) is 0 Å². The van der Waals surface area contributed by atoms with Crippen molar-refractivity contribution in [1.29, 1.82) is 0 Å². The maximum Gasteiger partial charge on any atom is 0.119 e. The standard InChI is InChI=1S/C30H34O6/c1-24(7-8-26-11-15-28(16-12-26)34-21-30-23-36-30)32-19-5-4-18-31-17-3-2-6-25-9-13-27(14-10-25)33-20-29-22-35-29/h2-3,6-17,29-30H,1,4-5,18-23H2/b6-2-,8-7-,17-3?. The lowest BCUT2D eigenvalue weighted by atomic mass is 10.2. The van der Waals surface area contributed by atoms with E-state index in [1.807, 2.05) is 78.9 Å². The number of ether oxygens (including phenoxy) is 6. The maximum absolute atomic E-state index is 5.67. The Bertz CT molecular complexity index is 1010. The molecule has 0 bridgehead atoms. The van der Waals surface area contributed by atoms with E-state index < -0.39 is 0 Å². The summed E-state index contributed by atoms with van der Waals surface area (Å²) in [6.45, 7) is 8.05. The fourth-order valence-electron chi connectivity index (χ4n) is 3.12. The molecule has 0 radical (unpaired) electrons. The molecule has 2 aromatic rings. The Labute approximate surface area is 213 Å². The summed E-state index contributed by atoms with van der Waals surface area (Å²) in [6.07, 6.45) is 13.8. The molecule has 2 atom stereocenters. The Kier molecular flexibility index (Phi) is 10.1. The minimum absolute atomic E-state index is 0.263. The normalized spacial score (nSPS) is 18.6. The number of hydrogen-bond donors (Lipinski definition) is 0. The zero-order chi connectivity index (χ0) is 24.8. The molecule has 190 valence electrons. The Morgan fingerprint density at radius 1 is 0.778 bits per heavy atom. The van der Waals surface area contributed by atoms with Crippen molar-refractivity contribution in [2.75, 3.05) is 39.6 Å². The zero-order valence-electron chi connectivity index (χ0n) is 20.6. The van der Waals surface area contributed by atoms with Gasteiger partial charge in [0.25, 0.3) is 0 Å². The van der Waals surface area contributed by atoms with Crippen LogP contribution in [0.4, 0.5) is 0 Å². The zero-order valence-corrected chi connectivity index (χ0v) is 20.6. The lowest BCUT2D eigenvalue weighted by molar-refractivity contribution is 0.193. The van der Waals surface area contributed by atoms with Crippen LogP contribution < -0.4 is 9.47 Å². The van der Waals surface area contributed by atoms with Crippen molar-refractivity contribution in [1.82, 2.24) is 0 Å². The summed E-state index contributed by atoms with van der Waals surface area (Å²) in [7, 11) is 0. The van der Waals surface area contributed by atoms with Crippen molar-refractivity contribution in [3.8, 4) is 11.5 Å². The van der Waals surface area contributed by atoms with Gasteiger partial charge in [0.2, 0.25) is 0 Å². The monoisotopic (exact) mass is 490 g/mol. The first-order valence-electron chi connectivity index (χ1n) is 12.4. The molecular formula is C30H34O6.